The van der Waals surface area contributed by atoms with Crippen LogP contribution in [0.5, 0.6) is 5.75 Å². The molecule has 0 aliphatic rings. The van der Waals surface area contributed by atoms with Gasteiger partial charge in [0.2, 0.25) is 0 Å². The zero-order valence-corrected chi connectivity index (χ0v) is 7.01. The number of ether oxygens (including phenoxy) is 1. The van der Waals surface area contributed by atoms with Gasteiger partial charge < -0.3 is 10.5 Å². The number of alkyl halides is 1. The van der Waals surface area contributed by atoms with Crippen molar-refractivity contribution in [2.45, 2.75) is 13.2 Å². The van der Waals surface area contributed by atoms with Gasteiger partial charge in [-0.3, -0.25) is 0 Å². The highest BCUT2D eigenvalue weighted by molar-refractivity contribution is 5.36. The number of nitrogens with two attached hydrogens (primary N) is 1. The third-order valence-corrected chi connectivity index (χ3v) is 1.72. The molecule has 0 saturated carbocycles. The van der Waals surface area contributed by atoms with Crippen molar-refractivity contribution in [3.63, 3.8) is 0 Å². The summed E-state index contributed by atoms with van der Waals surface area (Å²) in [6.07, 6.45) is 0. The fourth-order valence-electron chi connectivity index (χ4n) is 1.06. The Bertz CT molecular complexity index is 263. The second-order valence-corrected chi connectivity index (χ2v) is 2.48. The zero-order valence-electron chi connectivity index (χ0n) is 7.01. The molecule has 2 nitrogen and oxygen atoms in total. The quantitative estimate of drug-likeness (QED) is 0.746. The number of hydrogen-bond donors (Lipinski definition) is 1. The summed E-state index contributed by atoms with van der Waals surface area (Å²) in [5, 5.41) is 0. The summed E-state index contributed by atoms with van der Waals surface area (Å²) in [5.74, 6) is 0.578. The first-order chi connectivity index (χ1) is 5.81. The van der Waals surface area contributed by atoms with Gasteiger partial charge in [0.15, 0.2) is 0 Å². The predicted molar refractivity (Wildman–Crippen MR) is 45.7 cm³/mol. The van der Waals surface area contributed by atoms with Crippen molar-refractivity contribution in [1.82, 2.24) is 0 Å². The second kappa shape index (κ2) is 4.07. The number of rotatable bonds is 3. The smallest absolute Gasteiger partial charge is 0.124 e. The first-order valence-electron chi connectivity index (χ1n) is 3.73. The molecule has 0 aliphatic heterocycles. The first-order valence-corrected chi connectivity index (χ1v) is 3.73. The van der Waals surface area contributed by atoms with Crippen LogP contribution in [-0.2, 0) is 13.2 Å². The lowest BCUT2D eigenvalue weighted by Gasteiger charge is -2.06. The lowest BCUT2D eigenvalue weighted by molar-refractivity contribution is 0.394. The van der Waals surface area contributed by atoms with Gasteiger partial charge in [-0.2, -0.15) is 0 Å². The molecule has 0 saturated heterocycles. The molecular weight excluding hydrogens is 157 g/mol. The van der Waals surface area contributed by atoms with E-state index in [1.165, 1.54) is 7.11 Å². The minimum absolute atomic E-state index is 0.428. The molecule has 0 bridgehead atoms. The van der Waals surface area contributed by atoms with Crippen molar-refractivity contribution >= 4 is 0 Å². The average molecular weight is 169 g/mol. The minimum Gasteiger partial charge on any atom is -0.496 e. The van der Waals surface area contributed by atoms with Crippen molar-refractivity contribution in [2.24, 2.45) is 5.73 Å². The zero-order chi connectivity index (χ0) is 8.97. The van der Waals surface area contributed by atoms with Crippen LogP contribution in [0.1, 0.15) is 11.1 Å². The second-order valence-electron chi connectivity index (χ2n) is 2.48. The molecule has 66 valence electrons. The molecule has 0 aliphatic carbocycles. The van der Waals surface area contributed by atoms with Gasteiger partial charge in [0.25, 0.3) is 0 Å². The van der Waals surface area contributed by atoms with Gasteiger partial charge in [-0.25, -0.2) is 4.39 Å². The molecule has 0 aromatic heterocycles. The van der Waals surface area contributed by atoms with Crippen LogP contribution < -0.4 is 10.5 Å². The summed E-state index contributed by atoms with van der Waals surface area (Å²) < 4.78 is 17.3. The van der Waals surface area contributed by atoms with Crippen LogP contribution in [0, 0.1) is 0 Å². The molecule has 3 heteroatoms. The Hall–Kier alpha value is -1.09. The van der Waals surface area contributed by atoms with Crippen LogP contribution in [0.2, 0.25) is 0 Å². The van der Waals surface area contributed by atoms with Gasteiger partial charge in [0.1, 0.15) is 12.4 Å². The predicted octanol–water partition coefficient (Wildman–Crippen LogP) is 1.62. The Kier molecular flexibility index (Phi) is 3.05. The summed E-state index contributed by atoms with van der Waals surface area (Å²) >= 11 is 0. The molecule has 1 rings (SSSR count). The monoisotopic (exact) mass is 169 g/mol. The van der Waals surface area contributed by atoms with E-state index in [-0.39, 0.29) is 0 Å². The largest absolute Gasteiger partial charge is 0.496 e. The maximum Gasteiger partial charge on any atom is 0.124 e. The van der Waals surface area contributed by atoms with Gasteiger partial charge in [-0.05, 0) is 17.7 Å². The van der Waals surface area contributed by atoms with E-state index in [0.29, 0.717) is 17.9 Å². The van der Waals surface area contributed by atoms with Gasteiger partial charge in [0.05, 0.1) is 7.11 Å². The maximum atomic E-state index is 12.4. The molecule has 0 amide bonds. The van der Waals surface area contributed by atoms with E-state index in [0.717, 1.165) is 5.56 Å². The van der Waals surface area contributed by atoms with E-state index < -0.39 is 6.67 Å². The van der Waals surface area contributed by atoms with E-state index in [2.05, 4.69) is 0 Å². The fraction of sp³-hybridized carbons (Fsp3) is 0.333. The van der Waals surface area contributed by atoms with Crippen LogP contribution in [-0.4, -0.2) is 7.11 Å². The van der Waals surface area contributed by atoms with E-state index in [1.807, 2.05) is 6.07 Å². The van der Waals surface area contributed by atoms with Gasteiger partial charge in [0, 0.05) is 12.1 Å². The normalized spacial score (nSPS) is 9.92. The van der Waals surface area contributed by atoms with E-state index in [4.69, 9.17) is 10.5 Å². The molecule has 2 N–H and O–H groups in total. The van der Waals surface area contributed by atoms with E-state index in [9.17, 15) is 4.39 Å². The van der Waals surface area contributed by atoms with Crippen LogP contribution >= 0.6 is 0 Å². The highest BCUT2D eigenvalue weighted by atomic mass is 19.1. The van der Waals surface area contributed by atoms with Crippen LogP contribution in [0.25, 0.3) is 0 Å². The van der Waals surface area contributed by atoms with Crippen molar-refractivity contribution in [2.75, 3.05) is 7.11 Å². The number of benzene rings is 1. The number of methoxy groups -OCH3 is 1. The average Bonchev–Trinajstić information content (AvgIpc) is 2.16. The summed E-state index contributed by atoms with van der Waals surface area (Å²) in [6.45, 7) is -0.0893. The lowest BCUT2D eigenvalue weighted by Crippen LogP contribution is -1.98. The minimum atomic E-state index is -0.517. The van der Waals surface area contributed by atoms with Gasteiger partial charge in [-0.15, -0.1) is 0 Å². The standard InChI is InChI=1S/C9H12FNO/c1-12-9-3-2-7(6-11)4-8(9)5-10/h2-4H,5-6,11H2,1H3. The highest BCUT2D eigenvalue weighted by Crippen LogP contribution is 2.20. The van der Waals surface area contributed by atoms with Crippen molar-refractivity contribution in [3.05, 3.63) is 29.3 Å². The molecule has 0 radical (unpaired) electrons. The molecule has 0 unspecified atom stereocenters. The van der Waals surface area contributed by atoms with Crippen LogP contribution in [0.15, 0.2) is 18.2 Å². The Morgan fingerprint density at radius 1 is 1.50 bits per heavy atom. The Labute approximate surface area is 71.1 Å². The summed E-state index contributed by atoms with van der Waals surface area (Å²) in [7, 11) is 1.52. The summed E-state index contributed by atoms with van der Waals surface area (Å²) in [6, 6.07) is 5.29. The first kappa shape index (κ1) is 9.00. The molecular formula is C9H12FNO. The van der Waals surface area contributed by atoms with Gasteiger partial charge in [-0.1, -0.05) is 6.07 Å². The van der Waals surface area contributed by atoms with Crippen molar-refractivity contribution < 1.29 is 9.13 Å². The number of hydrogen-bond acceptors (Lipinski definition) is 2. The third-order valence-electron chi connectivity index (χ3n) is 1.72. The summed E-state index contributed by atoms with van der Waals surface area (Å²) in [4.78, 5) is 0. The maximum absolute atomic E-state index is 12.4. The molecule has 0 atom stereocenters. The fourth-order valence-corrected chi connectivity index (χ4v) is 1.06. The Morgan fingerprint density at radius 2 is 2.25 bits per heavy atom. The highest BCUT2D eigenvalue weighted by Gasteiger charge is 2.02. The van der Waals surface area contributed by atoms with Crippen LogP contribution in [0.4, 0.5) is 4.39 Å². The van der Waals surface area contributed by atoms with Crippen LogP contribution in [0.3, 0.4) is 0 Å². The molecule has 0 spiro atoms. The SMILES string of the molecule is COc1ccc(CN)cc1CF. The third kappa shape index (κ3) is 1.74. The molecule has 1 aromatic rings. The number of halogens is 1. The van der Waals surface area contributed by atoms with E-state index in [1.54, 1.807) is 12.1 Å². The van der Waals surface area contributed by atoms with Crippen molar-refractivity contribution in [1.29, 1.82) is 0 Å². The topological polar surface area (TPSA) is 35.2 Å². The molecule has 0 fully saturated rings. The van der Waals surface area contributed by atoms with E-state index >= 15 is 0 Å². The molecule has 0 heterocycles. The van der Waals surface area contributed by atoms with Gasteiger partial charge >= 0.3 is 0 Å². The lowest BCUT2D eigenvalue weighted by atomic mass is 10.1. The Balaban J connectivity index is 3.02. The molecule has 12 heavy (non-hydrogen) atoms. The van der Waals surface area contributed by atoms with Crippen molar-refractivity contribution in [3.8, 4) is 5.75 Å². The summed E-state index contributed by atoms with van der Waals surface area (Å²) in [5.41, 5.74) is 6.88. The Morgan fingerprint density at radius 3 is 2.75 bits per heavy atom. The molecule has 1 aromatic carbocycles.